The van der Waals surface area contributed by atoms with E-state index in [0.29, 0.717) is 5.41 Å². The molecule has 136 valence electrons. The standard InChI is InChI=1S/C24H30N2/c1-24(2)13-12-18(21(17-24)16-23-25-14-15-26-23)10-11-20-8-5-7-19-6-3-4-9-22(19)20/h3-9,14-15,18,21H,10-13,16-17H2,1-2H3,(H,25,26). The average Bonchev–Trinajstić information content (AvgIpc) is 3.13. The first-order valence-electron chi connectivity index (χ1n) is 10.1. The second-order valence-electron chi connectivity index (χ2n) is 8.84. The van der Waals surface area contributed by atoms with Crippen LogP contribution >= 0.6 is 0 Å². The van der Waals surface area contributed by atoms with Gasteiger partial charge >= 0.3 is 0 Å². The predicted molar refractivity (Wildman–Crippen MR) is 109 cm³/mol. The molecule has 1 saturated carbocycles. The number of hydrogen-bond acceptors (Lipinski definition) is 1. The topological polar surface area (TPSA) is 28.7 Å². The molecule has 0 spiro atoms. The summed E-state index contributed by atoms with van der Waals surface area (Å²) in [6, 6.07) is 15.5. The summed E-state index contributed by atoms with van der Waals surface area (Å²) in [6.45, 7) is 4.87. The van der Waals surface area contributed by atoms with Gasteiger partial charge in [0.1, 0.15) is 5.82 Å². The third-order valence-electron chi connectivity index (χ3n) is 6.35. The molecule has 1 aliphatic rings. The van der Waals surface area contributed by atoms with E-state index in [1.54, 1.807) is 0 Å². The molecule has 4 rings (SSSR count). The van der Waals surface area contributed by atoms with E-state index in [-0.39, 0.29) is 0 Å². The zero-order valence-corrected chi connectivity index (χ0v) is 16.0. The third-order valence-corrected chi connectivity index (χ3v) is 6.35. The van der Waals surface area contributed by atoms with Gasteiger partial charge in [-0.2, -0.15) is 0 Å². The summed E-state index contributed by atoms with van der Waals surface area (Å²) in [4.78, 5) is 7.82. The van der Waals surface area contributed by atoms with Crippen molar-refractivity contribution in [3.63, 3.8) is 0 Å². The van der Waals surface area contributed by atoms with Crippen LogP contribution in [0.4, 0.5) is 0 Å². The Kier molecular flexibility index (Phi) is 4.84. The van der Waals surface area contributed by atoms with E-state index >= 15 is 0 Å². The monoisotopic (exact) mass is 346 g/mol. The van der Waals surface area contributed by atoms with Gasteiger partial charge in [-0.3, -0.25) is 0 Å². The molecule has 2 unspecified atom stereocenters. The number of aromatic nitrogens is 2. The molecular formula is C24H30N2. The van der Waals surface area contributed by atoms with Crippen molar-refractivity contribution in [2.45, 2.75) is 52.4 Å². The Morgan fingerprint density at radius 1 is 1.08 bits per heavy atom. The summed E-state index contributed by atoms with van der Waals surface area (Å²) < 4.78 is 0. The molecule has 2 nitrogen and oxygen atoms in total. The van der Waals surface area contributed by atoms with Crippen LogP contribution in [0.3, 0.4) is 0 Å². The van der Waals surface area contributed by atoms with E-state index in [9.17, 15) is 0 Å². The number of benzene rings is 2. The molecular weight excluding hydrogens is 316 g/mol. The molecule has 2 atom stereocenters. The van der Waals surface area contributed by atoms with Crippen molar-refractivity contribution in [3.05, 3.63) is 66.2 Å². The van der Waals surface area contributed by atoms with E-state index in [1.807, 2.05) is 12.4 Å². The minimum absolute atomic E-state index is 0.465. The molecule has 0 radical (unpaired) electrons. The maximum absolute atomic E-state index is 4.50. The van der Waals surface area contributed by atoms with Crippen molar-refractivity contribution in [1.82, 2.24) is 9.97 Å². The molecule has 1 aromatic heterocycles. The van der Waals surface area contributed by atoms with Crippen LogP contribution in [0, 0.1) is 17.3 Å². The molecule has 1 heterocycles. The van der Waals surface area contributed by atoms with Crippen molar-refractivity contribution < 1.29 is 0 Å². The van der Waals surface area contributed by atoms with Crippen LogP contribution in [-0.2, 0) is 12.8 Å². The zero-order valence-electron chi connectivity index (χ0n) is 16.0. The number of aryl methyl sites for hydroxylation is 1. The average molecular weight is 347 g/mol. The van der Waals surface area contributed by atoms with Crippen LogP contribution in [0.15, 0.2) is 54.9 Å². The minimum atomic E-state index is 0.465. The number of imidazole rings is 1. The lowest BCUT2D eigenvalue weighted by atomic mass is 9.65. The summed E-state index contributed by atoms with van der Waals surface area (Å²) in [5.41, 5.74) is 1.97. The number of H-pyrrole nitrogens is 1. The van der Waals surface area contributed by atoms with Gasteiger partial charge in [-0.05, 0) is 65.7 Å². The van der Waals surface area contributed by atoms with E-state index in [2.05, 4.69) is 66.3 Å². The molecule has 2 heteroatoms. The molecule has 2 aromatic carbocycles. The Morgan fingerprint density at radius 2 is 1.92 bits per heavy atom. The van der Waals surface area contributed by atoms with Gasteiger partial charge in [0.15, 0.2) is 0 Å². The second kappa shape index (κ2) is 7.26. The first-order chi connectivity index (χ1) is 12.6. The van der Waals surface area contributed by atoms with Gasteiger partial charge in [0.2, 0.25) is 0 Å². The molecule has 1 N–H and O–H groups in total. The highest BCUT2D eigenvalue weighted by molar-refractivity contribution is 5.85. The van der Waals surface area contributed by atoms with Crippen LogP contribution in [0.2, 0.25) is 0 Å². The largest absolute Gasteiger partial charge is 0.349 e. The Bertz CT molecular complexity index is 842. The van der Waals surface area contributed by atoms with Gasteiger partial charge < -0.3 is 4.98 Å². The zero-order chi connectivity index (χ0) is 18.0. The quantitative estimate of drug-likeness (QED) is 0.587. The van der Waals surface area contributed by atoms with Crippen LogP contribution in [0.25, 0.3) is 10.8 Å². The lowest BCUT2D eigenvalue weighted by molar-refractivity contribution is 0.110. The summed E-state index contributed by atoms with van der Waals surface area (Å²) in [7, 11) is 0. The van der Waals surface area contributed by atoms with Crippen molar-refractivity contribution in [2.75, 3.05) is 0 Å². The summed E-state index contributed by atoms with van der Waals surface area (Å²) in [5.74, 6) is 2.69. The van der Waals surface area contributed by atoms with Gasteiger partial charge in [-0.15, -0.1) is 0 Å². The van der Waals surface area contributed by atoms with Crippen molar-refractivity contribution in [2.24, 2.45) is 17.3 Å². The molecule has 1 fully saturated rings. The fourth-order valence-corrected chi connectivity index (χ4v) is 4.92. The van der Waals surface area contributed by atoms with Crippen LogP contribution in [0.5, 0.6) is 0 Å². The SMILES string of the molecule is CC1(C)CCC(CCc2cccc3ccccc23)C(Cc2ncc[nH]2)C1. The number of hydrogen-bond donors (Lipinski definition) is 1. The Morgan fingerprint density at radius 3 is 2.77 bits per heavy atom. The molecule has 0 aliphatic heterocycles. The van der Waals surface area contributed by atoms with Crippen molar-refractivity contribution >= 4 is 10.8 Å². The van der Waals surface area contributed by atoms with E-state index < -0.39 is 0 Å². The second-order valence-corrected chi connectivity index (χ2v) is 8.84. The molecule has 0 bridgehead atoms. The smallest absolute Gasteiger partial charge is 0.106 e. The molecule has 0 saturated heterocycles. The number of nitrogens with zero attached hydrogens (tertiary/aromatic N) is 1. The first kappa shape index (κ1) is 17.3. The Labute approximate surface area is 157 Å². The number of rotatable bonds is 5. The van der Waals surface area contributed by atoms with Crippen molar-refractivity contribution in [1.29, 1.82) is 0 Å². The maximum atomic E-state index is 4.50. The lowest BCUT2D eigenvalue weighted by Gasteiger charge is -2.41. The molecule has 26 heavy (non-hydrogen) atoms. The van der Waals surface area contributed by atoms with Gasteiger partial charge in [0, 0.05) is 18.8 Å². The van der Waals surface area contributed by atoms with E-state index in [1.165, 1.54) is 48.4 Å². The molecule has 1 aliphatic carbocycles. The summed E-state index contributed by atoms with van der Waals surface area (Å²) in [5, 5.41) is 2.79. The lowest BCUT2D eigenvalue weighted by Crippen LogP contribution is -2.31. The van der Waals surface area contributed by atoms with Gasteiger partial charge in [0.25, 0.3) is 0 Å². The van der Waals surface area contributed by atoms with E-state index in [4.69, 9.17) is 0 Å². The fraction of sp³-hybridized carbons (Fsp3) is 0.458. The summed E-state index contributed by atoms with van der Waals surface area (Å²) in [6.07, 6.45) is 11.4. The summed E-state index contributed by atoms with van der Waals surface area (Å²) >= 11 is 0. The molecule has 0 amide bonds. The fourth-order valence-electron chi connectivity index (χ4n) is 4.92. The maximum Gasteiger partial charge on any atom is 0.106 e. The third kappa shape index (κ3) is 3.85. The minimum Gasteiger partial charge on any atom is -0.349 e. The highest BCUT2D eigenvalue weighted by atomic mass is 14.9. The number of nitrogens with one attached hydrogen (secondary N) is 1. The van der Waals surface area contributed by atoms with Crippen LogP contribution < -0.4 is 0 Å². The molecule has 3 aromatic rings. The van der Waals surface area contributed by atoms with Gasteiger partial charge in [0.05, 0.1) is 0 Å². The normalized spacial score (nSPS) is 22.5. The predicted octanol–water partition coefficient (Wildman–Crippen LogP) is 6.18. The highest BCUT2D eigenvalue weighted by Gasteiger charge is 2.34. The number of fused-ring (bicyclic) bond motifs is 1. The highest BCUT2D eigenvalue weighted by Crippen LogP contribution is 2.44. The Balaban J connectivity index is 1.49. The van der Waals surface area contributed by atoms with Crippen LogP contribution in [-0.4, -0.2) is 9.97 Å². The number of aromatic amines is 1. The van der Waals surface area contributed by atoms with Crippen molar-refractivity contribution in [3.8, 4) is 0 Å². The van der Waals surface area contributed by atoms with Gasteiger partial charge in [-0.25, -0.2) is 4.98 Å². The van der Waals surface area contributed by atoms with Gasteiger partial charge in [-0.1, -0.05) is 56.3 Å². The van der Waals surface area contributed by atoms with Crippen LogP contribution in [0.1, 0.15) is 50.9 Å². The van der Waals surface area contributed by atoms with E-state index in [0.717, 1.165) is 24.1 Å². The Hall–Kier alpha value is -2.09. The first-order valence-corrected chi connectivity index (χ1v) is 10.1.